The van der Waals surface area contributed by atoms with Crippen molar-refractivity contribution >= 4 is 23.5 Å². The zero-order valence-electron chi connectivity index (χ0n) is 7.65. The van der Waals surface area contributed by atoms with Gasteiger partial charge in [-0.3, -0.25) is 0 Å². The van der Waals surface area contributed by atoms with Gasteiger partial charge in [0.2, 0.25) is 0 Å². The lowest BCUT2D eigenvalue weighted by molar-refractivity contribution is -0.0327. The minimum atomic E-state index is -4.09. The van der Waals surface area contributed by atoms with Crippen LogP contribution in [0.3, 0.4) is 0 Å². The fourth-order valence-electron chi connectivity index (χ4n) is 0.781. The molecule has 0 amide bonds. The third-order valence-electron chi connectivity index (χ3n) is 1.28. The zero-order valence-corrected chi connectivity index (χ0v) is 9.28. The van der Waals surface area contributed by atoms with Crippen LogP contribution in [0.15, 0.2) is 0 Å². The molecule has 1 N–H and O–H groups in total. The van der Waals surface area contributed by atoms with E-state index in [0.717, 1.165) is 5.75 Å². The predicted octanol–water partition coefficient (Wildman–Crippen LogP) is 2.58. The molecule has 0 spiro atoms. The van der Waals surface area contributed by atoms with Crippen molar-refractivity contribution in [1.29, 1.82) is 0 Å². The van der Waals surface area contributed by atoms with Crippen LogP contribution in [-0.4, -0.2) is 35.9 Å². The highest BCUT2D eigenvalue weighted by atomic mass is 32.2. The summed E-state index contributed by atoms with van der Waals surface area (Å²) in [5, 5.41) is 3.01. The van der Waals surface area contributed by atoms with Gasteiger partial charge in [-0.05, 0) is 24.9 Å². The molecule has 0 aliphatic heterocycles. The van der Waals surface area contributed by atoms with Crippen LogP contribution in [0.4, 0.5) is 13.2 Å². The molecule has 13 heavy (non-hydrogen) atoms. The molecule has 0 saturated carbocycles. The van der Waals surface area contributed by atoms with Crippen LogP contribution in [0.1, 0.15) is 6.92 Å². The Balaban J connectivity index is 3.25. The first-order valence-electron chi connectivity index (χ1n) is 3.88. The maximum Gasteiger partial charge on any atom is 0.441 e. The Hall–Kier alpha value is 0.450. The maximum absolute atomic E-state index is 11.7. The lowest BCUT2D eigenvalue weighted by atomic mass is 10.4. The standard InChI is InChI=1S/C7H14F3NS2/c1-6(5-12-2)11-3-4-13-7(8,9)10/h6,11H,3-5H2,1-2H3. The molecule has 6 heteroatoms. The summed E-state index contributed by atoms with van der Waals surface area (Å²) in [7, 11) is 0. The van der Waals surface area contributed by atoms with Crippen LogP contribution in [0.5, 0.6) is 0 Å². The van der Waals surface area contributed by atoms with E-state index in [1.54, 1.807) is 11.8 Å². The lowest BCUT2D eigenvalue weighted by Gasteiger charge is -2.12. The molecule has 0 rings (SSSR count). The van der Waals surface area contributed by atoms with Crippen molar-refractivity contribution in [3.63, 3.8) is 0 Å². The van der Waals surface area contributed by atoms with Gasteiger partial charge in [0.25, 0.3) is 0 Å². The van der Waals surface area contributed by atoms with Crippen LogP contribution >= 0.6 is 23.5 Å². The molecule has 0 aromatic rings. The first-order chi connectivity index (χ1) is 5.95. The normalized spacial score (nSPS) is 14.5. The molecule has 1 atom stereocenters. The minimum absolute atomic E-state index is 0.0243. The van der Waals surface area contributed by atoms with Crippen molar-refractivity contribution in [2.45, 2.75) is 18.5 Å². The number of thioether (sulfide) groups is 2. The smallest absolute Gasteiger partial charge is 0.313 e. The van der Waals surface area contributed by atoms with E-state index in [1.165, 1.54) is 0 Å². The summed E-state index contributed by atoms with van der Waals surface area (Å²) in [5.74, 6) is 1.01. The molecule has 80 valence electrons. The second-order valence-corrected chi connectivity index (χ2v) is 4.68. The summed E-state index contributed by atoms with van der Waals surface area (Å²) in [5.41, 5.74) is -4.09. The number of hydrogen-bond acceptors (Lipinski definition) is 3. The molecule has 0 aliphatic rings. The number of alkyl halides is 3. The number of hydrogen-bond donors (Lipinski definition) is 1. The third kappa shape index (κ3) is 10.4. The molecular weight excluding hydrogens is 219 g/mol. The van der Waals surface area contributed by atoms with Gasteiger partial charge in [0.05, 0.1) is 0 Å². The molecule has 0 aromatic carbocycles. The molecule has 0 aliphatic carbocycles. The Morgan fingerprint density at radius 2 is 2.00 bits per heavy atom. The monoisotopic (exact) mass is 233 g/mol. The Kier molecular flexibility index (Phi) is 7.07. The van der Waals surface area contributed by atoms with Crippen molar-refractivity contribution in [2.24, 2.45) is 0 Å². The van der Waals surface area contributed by atoms with Gasteiger partial charge in [-0.25, -0.2) is 0 Å². The summed E-state index contributed by atoms with van der Waals surface area (Å²) in [6.45, 7) is 2.38. The number of nitrogens with one attached hydrogen (secondary N) is 1. The third-order valence-corrected chi connectivity index (χ3v) is 2.85. The van der Waals surface area contributed by atoms with E-state index < -0.39 is 5.51 Å². The van der Waals surface area contributed by atoms with E-state index in [9.17, 15) is 13.2 Å². The quantitative estimate of drug-likeness (QED) is 0.708. The minimum Gasteiger partial charge on any atom is -0.313 e. The Morgan fingerprint density at radius 1 is 1.38 bits per heavy atom. The average Bonchev–Trinajstić information content (AvgIpc) is 1.97. The van der Waals surface area contributed by atoms with Crippen molar-refractivity contribution in [1.82, 2.24) is 5.32 Å². The topological polar surface area (TPSA) is 12.0 Å². The average molecular weight is 233 g/mol. The van der Waals surface area contributed by atoms with Gasteiger partial charge in [0.15, 0.2) is 0 Å². The van der Waals surface area contributed by atoms with Crippen molar-refractivity contribution < 1.29 is 13.2 Å². The van der Waals surface area contributed by atoms with Crippen LogP contribution < -0.4 is 5.32 Å². The maximum atomic E-state index is 11.7. The van der Waals surface area contributed by atoms with E-state index in [2.05, 4.69) is 5.32 Å². The molecule has 1 nitrogen and oxygen atoms in total. The predicted molar refractivity (Wildman–Crippen MR) is 54.4 cm³/mol. The summed E-state index contributed by atoms with van der Waals surface area (Å²) < 4.78 is 35.0. The SMILES string of the molecule is CSCC(C)NCCSC(F)(F)F. The Morgan fingerprint density at radius 3 is 2.46 bits per heavy atom. The fraction of sp³-hybridized carbons (Fsp3) is 1.00. The number of rotatable bonds is 6. The summed E-state index contributed by atoms with van der Waals surface area (Å²) in [6, 6.07) is 0.281. The molecular formula is C7H14F3NS2. The molecule has 0 radical (unpaired) electrons. The first-order valence-corrected chi connectivity index (χ1v) is 6.26. The molecule has 0 fully saturated rings. The van der Waals surface area contributed by atoms with Crippen LogP contribution in [0.2, 0.25) is 0 Å². The molecule has 0 heterocycles. The first kappa shape index (κ1) is 13.4. The Labute approximate surface area is 85.2 Å². The van der Waals surface area contributed by atoms with Gasteiger partial charge in [0.1, 0.15) is 0 Å². The van der Waals surface area contributed by atoms with Crippen LogP contribution in [0.25, 0.3) is 0 Å². The Bertz CT molecular complexity index is 129. The van der Waals surface area contributed by atoms with Crippen LogP contribution in [0, 0.1) is 0 Å². The fourth-order valence-corrected chi connectivity index (χ4v) is 1.85. The van der Waals surface area contributed by atoms with Crippen molar-refractivity contribution in [3.05, 3.63) is 0 Å². The van der Waals surface area contributed by atoms with E-state index in [-0.39, 0.29) is 23.6 Å². The van der Waals surface area contributed by atoms with E-state index in [4.69, 9.17) is 0 Å². The van der Waals surface area contributed by atoms with E-state index in [1.807, 2.05) is 13.2 Å². The second-order valence-electron chi connectivity index (χ2n) is 2.60. The van der Waals surface area contributed by atoms with E-state index >= 15 is 0 Å². The highest BCUT2D eigenvalue weighted by Gasteiger charge is 2.27. The highest BCUT2D eigenvalue weighted by Crippen LogP contribution is 2.29. The summed E-state index contributed by atoms with van der Waals surface area (Å²) >= 11 is 1.71. The van der Waals surface area contributed by atoms with Gasteiger partial charge >= 0.3 is 5.51 Å². The lowest BCUT2D eigenvalue weighted by Crippen LogP contribution is -2.30. The summed E-state index contributed by atoms with van der Waals surface area (Å²) in [6.07, 6.45) is 1.97. The molecule has 0 aromatic heterocycles. The zero-order chi connectivity index (χ0) is 10.3. The van der Waals surface area contributed by atoms with Gasteiger partial charge in [0, 0.05) is 24.1 Å². The largest absolute Gasteiger partial charge is 0.441 e. The molecule has 0 saturated heterocycles. The summed E-state index contributed by atoms with van der Waals surface area (Å²) in [4.78, 5) is 0. The second kappa shape index (κ2) is 6.84. The van der Waals surface area contributed by atoms with Crippen LogP contribution in [-0.2, 0) is 0 Å². The van der Waals surface area contributed by atoms with Gasteiger partial charge in [-0.1, -0.05) is 0 Å². The highest BCUT2D eigenvalue weighted by molar-refractivity contribution is 8.00. The molecule has 0 bridgehead atoms. The van der Waals surface area contributed by atoms with Gasteiger partial charge < -0.3 is 5.32 Å². The van der Waals surface area contributed by atoms with Crippen molar-refractivity contribution in [2.75, 3.05) is 24.3 Å². The number of halogens is 3. The van der Waals surface area contributed by atoms with Gasteiger partial charge in [-0.15, -0.1) is 0 Å². The van der Waals surface area contributed by atoms with Crippen molar-refractivity contribution in [3.8, 4) is 0 Å². The van der Waals surface area contributed by atoms with E-state index in [0.29, 0.717) is 6.54 Å². The van der Waals surface area contributed by atoms with Gasteiger partial charge in [-0.2, -0.15) is 24.9 Å². The molecule has 1 unspecified atom stereocenters.